The van der Waals surface area contributed by atoms with Crippen LogP contribution in [-0.4, -0.2) is 35.6 Å². The zero-order valence-electron chi connectivity index (χ0n) is 15.6. The number of hydrogen-bond acceptors (Lipinski definition) is 3. The number of rotatable bonds is 4. The van der Waals surface area contributed by atoms with E-state index in [2.05, 4.69) is 5.10 Å². The van der Waals surface area contributed by atoms with E-state index in [-0.39, 0.29) is 5.92 Å². The lowest BCUT2D eigenvalue weighted by Gasteiger charge is -2.24. The quantitative estimate of drug-likeness (QED) is 0.781. The Morgan fingerprint density at radius 1 is 1.19 bits per heavy atom. The summed E-state index contributed by atoms with van der Waals surface area (Å²) in [5, 5.41) is 5.10. The van der Waals surface area contributed by atoms with E-state index in [4.69, 9.17) is 11.6 Å². The molecule has 1 unspecified atom stereocenters. The Balaban J connectivity index is 1.94. The number of aryl methyl sites for hydroxylation is 2. The van der Waals surface area contributed by atoms with E-state index in [9.17, 15) is 8.42 Å². The van der Waals surface area contributed by atoms with Gasteiger partial charge in [0, 0.05) is 24.7 Å². The molecule has 2 heterocycles. The fourth-order valence-electron chi connectivity index (χ4n) is 3.82. The van der Waals surface area contributed by atoms with Crippen LogP contribution in [0.3, 0.4) is 0 Å². The Labute approximate surface area is 161 Å². The second kappa shape index (κ2) is 7.71. The average Bonchev–Trinajstić information content (AvgIpc) is 2.78. The van der Waals surface area contributed by atoms with Gasteiger partial charge in [0.15, 0.2) is 0 Å². The number of aromatic nitrogens is 2. The molecule has 0 bridgehead atoms. The zero-order valence-corrected chi connectivity index (χ0v) is 17.1. The van der Waals surface area contributed by atoms with Crippen LogP contribution in [0, 0.1) is 13.8 Å². The molecule has 1 fully saturated rings. The maximum atomic E-state index is 13.4. The molecule has 0 spiro atoms. The number of halogens is 1. The summed E-state index contributed by atoms with van der Waals surface area (Å²) in [5.41, 5.74) is 2.45. The molecule has 0 radical (unpaired) electrons. The van der Waals surface area contributed by atoms with E-state index in [1.807, 2.05) is 38.1 Å². The molecule has 0 amide bonds. The lowest BCUT2D eigenvalue weighted by Crippen LogP contribution is -2.34. The fourth-order valence-corrected chi connectivity index (χ4v) is 5.85. The van der Waals surface area contributed by atoms with Gasteiger partial charge in [0.25, 0.3) is 0 Å². The highest BCUT2D eigenvalue weighted by Gasteiger charge is 2.33. The van der Waals surface area contributed by atoms with Gasteiger partial charge in [-0.1, -0.05) is 30.2 Å². The minimum Gasteiger partial charge on any atom is -0.268 e. The third-order valence-corrected chi connectivity index (χ3v) is 7.56. The van der Waals surface area contributed by atoms with Gasteiger partial charge in [0.2, 0.25) is 10.0 Å². The molecule has 0 saturated carbocycles. The van der Waals surface area contributed by atoms with Crippen molar-refractivity contribution in [1.29, 1.82) is 0 Å². The van der Waals surface area contributed by atoms with Crippen molar-refractivity contribution in [2.75, 3.05) is 13.1 Å². The summed E-state index contributed by atoms with van der Waals surface area (Å²) in [7, 11) is -3.56. The van der Waals surface area contributed by atoms with Crippen molar-refractivity contribution in [1.82, 2.24) is 14.1 Å². The highest BCUT2D eigenvalue weighted by molar-refractivity contribution is 7.89. The zero-order chi connectivity index (χ0) is 18.9. The fraction of sp³-hybridized carbons (Fsp3) is 0.526. The van der Waals surface area contributed by atoms with E-state index in [1.54, 1.807) is 15.9 Å². The molecule has 1 saturated heterocycles. The summed E-state index contributed by atoms with van der Waals surface area (Å²) < 4.78 is 30.2. The van der Waals surface area contributed by atoms with Gasteiger partial charge in [-0.15, -0.1) is 0 Å². The van der Waals surface area contributed by atoms with Crippen LogP contribution >= 0.6 is 11.6 Å². The molecule has 1 aromatic heterocycles. The summed E-state index contributed by atoms with van der Waals surface area (Å²) in [5.74, 6) is 0.186. The Morgan fingerprint density at radius 2 is 1.88 bits per heavy atom. The summed E-state index contributed by atoms with van der Waals surface area (Å²) in [6.45, 7) is 7.31. The lowest BCUT2D eigenvalue weighted by atomic mass is 9.95. The van der Waals surface area contributed by atoms with Crippen LogP contribution in [0.2, 0.25) is 5.02 Å². The van der Waals surface area contributed by atoms with E-state index < -0.39 is 10.0 Å². The predicted octanol–water partition coefficient (Wildman–Crippen LogP) is 4.13. The van der Waals surface area contributed by atoms with Gasteiger partial charge in [-0.2, -0.15) is 9.40 Å². The van der Waals surface area contributed by atoms with Crippen molar-refractivity contribution in [2.24, 2.45) is 0 Å². The largest absolute Gasteiger partial charge is 0.268 e. The van der Waals surface area contributed by atoms with E-state index in [1.165, 1.54) is 0 Å². The van der Waals surface area contributed by atoms with Crippen LogP contribution in [0.1, 0.15) is 49.1 Å². The number of benzene rings is 1. The van der Waals surface area contributed by atoms with Gasteiger partial charge in [0.05, 0.1) is 11.4 Å². The Kier molecular flexibility index (Phi) is 5.75. The number of nitrogens with zero attached hydrogens (tertiary/aromatic N) is 3. The van der Waals surface area contributed by atoms with Gasteiger partial charge in [-0.3, -0.25) is 4.68 Å². The van der Waals surface area contributed by atoms with Crippen molar-refractivity contribution >= 4 is 21.6 Å². The van der Waals surface area contributed by atoms with Crippen molar-refractivity contribution < 1.29 is 8.42 Å². The molecular formula is C19H26ClN3O2S. The van der Waals surface area contributed by atoms with E-state index in [0.717, 1.165) is 30.5 Å². The maximum absolute atomic E-state index is 13.4. The first-order valence-electron chi connectivity index (χ1n) is 9.14. The molecule has 5 nitrogen and oxygen atoms in total. The second-order valence-corrected chi connectivity index (χ2v) is 9.23. The van der Waals surface area contributed by atoms with Crippen LogP contribution in [0.25, 0.3) is 0 Å². The Hall–Kier alpha value is -1.37. The van der Waals surface area contributed by atoms with Crippen molar-refractivity contribution in [2.45, 2.75) is 57.4 Å². The second-order valence-electron chi connectivity index (χ2n) is 6.92. The first kappa shape index (κ1) is 19.4. The first-order valence-corrected chi connectivity index (χ1v) is 11.0. The van der Waals surface area contributed by atoms with Gasteiger partial charge < -0.3 is 0 Å². The summed E-state index contributed by atoms with van der Waals surface area (Å²) >= 11 is 6.00. The molecule has 1 aliphatic heterocycles. The molecule has 2 aromatic rings. The minimum absolute atomic E-state index is 0.186. The lowest BCUT2D eigenvalue weighted by molar-refractivity contribution is 0.405. The highest BCUT2D eigenvalue weighted by Crippen LogP contribution is 2.32. The Bertz CT molecular complexity index is 875. The third kappa shape index (κ3) is 3.68. The van der Waals surface area contributed by atoms with Crippen LogP contribution in [0.4, 0.5) is 0 Å². The van der Waals surface area contributed by atoms with Gasteiger partial charge >= 0.3 is 0 Å². The summed E-state index contributed by atoms with van der Waals surface area (Å²) in [6, 6.07) is 7.77. The molecule has 1 atom stereocenters. The van der Waals surface area contributed by atoms with Gasteiger partial charge in [-0.05, 0) is 57.2 Å². The van der Waals surface area contributed by atoms with Crippen LogP contribution in [0.5, 0.6) is 0 Å². The number of hydrogen-bond donors (Lipinski definition) is 0. The van der Waals surface area contributed by atoms with Crippen LogP contribution in [0.15, 0.2) is 29.2 Å². The first-order chi connectivity index (χ1) is 12.3. The maximum Gasteiger partial charge on any atom is 0.246 e. The topological polar surface area (TPSA) is 55.2 Å². The molecule has 0 N–H and O–H groups in total. The molecule has 26 heavy (non-hydrogen) atoms. The number of sulfonamides is 1. The molecule has 7 heteroatoms. The normalized spacial score (nSPS) is 19.5. The SMILES string of the molecule is CCn1nc(C)c(S(=O)(=O)N2CCCCC(c3ccc(Cl)cc3)C2)c1C. The van der Waals surface area contributed by atoms with Crippen LogP contribution < -0.4 is 0 Å². The monoisotopic (exact) mass is 395 g/mol. The molecule has 3 rings (SSSR count). The molecule has 1 aliphatic rings. The van der Waals surface area contributed by atoms with Crippen molar-refractivity contribution in [3.05, 3.63) is 46.2 Å². The molecular weight excluding hydrogens is 370 g/mol. The average molecular weight is 396 g/mol. The van der Waals surface area contributed by atoms with E-state index >= 15 is 0 Å². The van der Waals surface area contributed by atoms with E-state index in [0.29, 0.717) is 35.2 Å². The minimum atomic E-state index is -3.56. The van der Waals surface area contributed by atoms with Gasteiger partial charge in [-0.25, -0.2) is 8.42 Å². The molecule has 1 aromatic carbocycles. The Morgan fingerprint density at radius 3 is 2.50 bits per heavy atom. The highest BCUT2D eigenvalue weighted by atomic mass is 35.5. The van der Waals surface area contributed by atoms with Crippen molar-refractivity contribution in [3.63, 3.8) is 0 Å². The standard InChI is InChI=1S/C19H26ClN3O2S/c1-4-23-15(3)19(14(2)21-23)26(24,25)22-12-6-5-7-17(13-22)16-8-10-18(20)11-9-16/h8-11,17H,4-7,12-13H2,1-3H3. The van der Waals surface area contributed by atoms with Crippen molar-refractivity contribution in [3.8, 4) is 0 Å². The van der Waals surface area contributed by atoms with Crippen LogP contribution in [-0.2, 0) is 16.6 Å². The summed E-state index contributed by atoms with van der Waals surface area (Å²) in [4.78, 5) is 0.371. The van der Waals surface area contributed by atoms with Gasteiger partial charge in [0.1, 0.15) is 4.90 Å². The summed E-state index contributed by atoms with van der Waals surface area (Å²) in [6.07, 6.45) is 2.88. The molecule has 142 valence electrons. The smallest absolute Gasteiger partial charge is 0.246 e. The predicted molar refractivity (Wildman–Crippen MR) is 104 cm³/mol. The molecule has 0 aliphatic carbocycles. The third-order valence-electron chi connectivity index (χ3n) is 5.19.